The minimum Gasteiger partial charge on any atom is -0.452 e. The van der Waals surface area contributed by atoms with Crippen molar-refractivity contribution in [3.63, 3.8) is 0 Å². The van der Waals surface area contributed by atoms with Crippen LogP contribution in [0.1, 0.15) is 35.3 Å². The number of Topliss-reactive ketones (excluding diaryl/α,β-unsaturated/α-hetero) is 1. The van der Waals surface area contributed by atoms with Crippen molar-refractivity contribution in [1.29, 1.82) is 0 Å². The Morgan fingerprint density at radius 1 is 1.12 bits per heavy atom. The first-order valence-electron chi connectivity index (χ1n) is 7.85. The van der Waals surface area contributed by atoms with Gasteiger partial charge in [-0.15, -0.1) is 0 Å². The molecule has 0 bridgehead atoms. The summed E-state index contributed by atoms with van der Waals surface area (Å²) in [5.41, 5.74) is 2.74. The van der Waals surface area contributed by atoms with E-state index in [1.54, 1.807) is 43.3 Å². The van der Waals surface area contributed by atoms with Gasteiger partial charge in [-0.2, -0.15) is 0 Å². The first kappa shape index (κ1) is 17.2. The maximum absolute atomic E-state index is 12.3. The van der Waals surface area contributed by atoms with E-state index in [9.17, 15) is 9.59 Å². The SMILES string of the molecule is CC(C)=C1Oc2c(ccc(OC(=O)Cc3ccc(Cl)cc3)c2C)C1=O. The van der Waals surface area contributed by atoms with Gasteiger partial charge in [-0.05, 0) is 56.2 Å². The summed E-state index contributed by atoms with van der Waals surface area (Å²) in [7, 11) is 0. The molecule has 4 nitrogen and oxygen atoms in total. The summed E-state index contributed by atoms with van der Waals surface area (Å²) in [6, 6.07) is 10.3. The molecule has 2 aromatic rings. The van der Waals surface area contributed by atoms with Crippen LogP contribution < -0.4 is 9.47 Å². The van der Waals surface area contributed by atoms with Gasteiger partial charge in [0.15, 0.2) is 5.76 Å². The number of esters is 1. The van der Waals surface area contributed by atoms with Crippen LogP contribution in [0.3, 0.4) is 0 Å². The molecule has 1 heterocycles. The summed E-state index contributed by atoms with van der Waals surface area (Å²) in [5.74, 6) is 0.649. The molecule has 0 saturated heterocycles. The van der Waals surface area contributed by atoms with Crippen molar-refractivity contribution in [3.8, 4) is 11.5 Å². The predicted molar refractivity (Wildman–Crippen MR) is 95.3 cm³/mol. The number of carbonyl (C=O) groups is 2. The molecule has 0 amide bonds. The molecule has 0 saturated carbocycles. The van der Waals surface area contributed by atoms with Crippen molar-refractivity contribution in [1.82, 2.24) is 0 Å². The lowest BCUT2D eigenvalue weighted by Gasteiger charge is -2.10. The lowest BCUT2D eigenvalue weighted by molar-refractivity contribution is -0.133. The van der Waals surface area contributed by atoms with Crippen molar-refractivity contribution in [2.75, 3.05) is 0 Å². The molecule has 1 aliphatic rings. The Morgan fingerprint density at radius 3 is 2.44 bits per heavy atom. The summed E-state index contributed by atoms with van der Waals surface area (Å²) in [4.78, 5) is 24.5. The van der Waals surface area contributed by atoms with Gasteiger partial charge in [0, 0.05) is 10.6 Å². The molecular formula is C20H17ClO4. The molecular weight excluding hydrogens is 340 g/mol. The highest BCUT2D eigenvalue weighted by Gasteiger charge is 2.31. The average molecular weight is 357 g/mol. The van der Waals surface area contributed by atoms with E-state index in [0.29, 0.717) is 33.4 Å². The Morgan fingerprint density at radius 2 is 1.80 bits per heavy atom. The van der Waals surface area contributed by atoms with Gasteiger partial charge in [-0.3, -0.25) is 9.59 Å². The number of halogens is 1. The molecule has 0 radical (unpaired) electrons. The summed E-state index contributed by atoms with van der Waals surface area (Å²) in [6.45, 7) is 5.41. The van der Waals surface area contributed by atoms with Crippen molar-refractivity contribution < 1.29 is 19.1 Å². The van der Waals surface area contributed by atoms with E-state index in [0.717, 1.165) is 11.1 Å². The van der Waals surface area contributed by atoms with Gasteiger partial charge in [0.25, 0.3) is 0 Å². The van der Waals surface area contributed by atoms with E-state index in [1.807, 2.05) is 13.8 Å². The number of ketones is 1. The summed E-state index contributed by atoms with van der Waals surface area (Å²) in [5, 5.41) is 0.614. The van der Waals surface area contributed by atoms with E-state index >= 15 is 0 Å². The Kier molecular flexibility index (Phi) is 4.64. The summed E-state index contributed by atoms with van der Waals surface area (Å²) >= 11 is 5.84. The number of hydrogen-bond acceptors (Lipinski definition) is 4. The van der Waals surface area contributed by atoms with Crippen LogP contribution in [-0.4, -0.2) is 11.8 Å². The zero-order valence-corrected chi connectivity index (χ0v) is 14.9. The Balaban J connectivity index is 1.80. The number of hydrogen-bond donors (Lipinski definition) is 0. The Hall–Kier alpha value is -2.59. The Labute approximate surface area is 151 Å². The van der Waals surface area contributed by atoms with Gasteiger partial charge in [-0.25, -0.2) is 0 Å². The molecule has 2 aromatic carbocycles. The normalized spacial score (nSPS) is 12.6. The van der Waals surface area contributed by atoms with Crippen LogP contribution in [0.4, 0.5) is 0 Å². The minimum atomic E-state index is -0.392. The van der Waals surface area contributed by atoms with Crippen LogP contribution in [0.25, 0.3) is 0 Å². The second kappa shape index (κ2) is 6.73. The number of fused-ring (bicyclic) bond motifs is 1. The molecule has 1 aliphatic heterocycles. The third-order valence-electron chi connectivity index (χ3n) is 3.95. The lowest BCUT2D eigenvalue weighted by Crippen LogP contribution is -2.12. The van der Waals surface area contributed by atoms with Gasteiger partial charge in [-0.1, -0.05) is 23.7 Å². The first-order chi connectivity index (χ1) is 11.9. The second-order valence-electron chi connectivity index (χ2n) is 6.10. The van der Waals surface area contributed by atoms with E-state index in [4.69, 9.17) is 21.1 Å². The maximum Gasteiger partial charge on any atom is 0.315 e. The van der Waals surface area contributed by atoms with Crippen molar-refractivity contribution in [2.45, 2.75) is 27.2 Å². The van der Waals surface area contributed by atoms with Gasteiger partial charge in [0.1, 0.15) is 11.5 Å². The van der Waals surface area contributed by atoms with Gasteiger partial charge in [0.05, 0.1) is 12.0 Å². The molecule has 128 valence electrons. The molecule has 0 aliphatic carbocycles. The van der Waals surface area contributed by atoms with Crippen LogP contribution in [-0.2, 0) is 11.2 Å². The monoisotopic (exact) mass is 356 g/mol. The fraction of sp³-hybridized carbons (Fsp3) is 0.200. The largest absolute Gasteiger partial charge is 0.452 e. The zero-order valence-electron chi connectivity index (χ0n) is 14.2. The number of allylic oxidation sites excluding steroid dienone is 2. The molecule has 0 spiro atoms. The molecule has 3 rings (SSSR count). The second-order valence-corrected chi connectivity index (χ2v) is 6.54. The molecule has 0 aromatic heterocycles. The van der Waals surface area contributed by atoms with Crippen molar-refractivity contribution >= 4 is 23.4 Å². The fourth-order valence-electron chi connectivity index (χ4n) is 2.62. The molecule has 0 unspecified atom stereocenters. The molecule has 0 atom stereocenters. The van der Waals surface area contributed by atoms with Crippen LogP contribution in [0.15, 0.2) is 47.7 Å². The predicted octanol–water partition coefficient (Wildman–Crippen LogP) is 4.67. The standard InChI is InChI=1S/C20H17ClO4/c1-11(2)19-18(23)15-8-9-16(12(3)20(15)25-19)24-17(22)10-13-4-6-14(21)7-5-13/h4-9H,10H2,1-3H3. The van der Waals surface area contributed by atoms with Gasteiger partial charge in [0.2, 0.25) is 5.78 Å². The average Bonchev–Trinajstić information content (AvgIpc) is 2.90. The zero-order chi connectivity index (χ0) is 18.1. The maximum atomic E-state index is 12.3. The van der Waals surface area contributed by atoms with Gasteiger partial charge >= 0.3 is 5.97 Å². The quantitative estimate of drug-likeness (QED) is 0.455. The van der Waals surface area contributed by atoms with E-state index in [2.05, 4.69) is 0 Å². The topological polar surface area (TPSA) is 52.6 Å². The molecule has 0 N–H and O–H groups in total. The number of carbonyl (C=O) groups excluding carboxylic acids is 2. The highest BCUT2D eigenvalue weighted by atomic mass is 35.5. The van der Waals surface area contributed by atoms with Crippen molar-refractivity contribution in [3.05, 3.63) is 69.4 Å². The third kappa shape index (κ3) is 3.44. The Bertz CT molecular complexity index is 891. The summed E-state index contributed by atoms with van der Waals surface area (Å²) in [6.07, 6.45) is 0.132. The minimum absolute atomic E-state index is 0.132. The van der Waals surface area contributed by atoms with E-state index < -0.39 is 5.97 Å². The first-order valence-corrected chi connectivity index (χ1v) is 8.23. The molecule has 5 heteroatoms. The highest BCUT2D eigenvalue weighted by Crippen LogP contribution is 2.39. The molecule has 25 heavy (non-hydrogen) atoms. The third-order valence-corrected chi connectivity index (χ3v) is 4.20. The number of ether oxygens (including phenoxy) is 2. The van der Waals surface area contributed by atoms with E-state index in [1.165, 1.54) is 0 Å². The number of benzene rings is 2. The smallest absolute Gasteiger partial charge is 0.315 e. The lowest BCUT2D eigenvalue weighted by atomic mass is 10.1. The molecule has 0 fully saturated rings. The van der Waals surface area contributed by atoms with Crippen LogP contribution in [0, 0.1) is 6.92 Å². The highest BCUT2D eigenvalue weighted by molar-refractivity contribution is 6.30. The van der Waals surface area contributed by atoms with Crippen LogP contribution in [0.5, 0.6) is 11.5 Å². The fourth-order valence-corrected chi connectivity index (χ4v) is 2.75. The van der Waals surface area contributed by atoms with Crippen LogP contribution >= 0.6 is 11.6 Å². The van der Waals surface area contributed by atoms with Gasteiger partial charge < -0.3 is 9.47 Å². The summed E-state index contributed by atoms with van der Waals surface area (Å²) < 4.78 is 11.1. The van der Waals surface area contributed by atoms with Crippen molar-refractivity contribution in [2.24, 2.45) is 0 Å². The number of rotatable bonds is 3. The van der Waals surface area contributed by atoms with E-state index in [-0.39, 0.29) is 12.2 Å². The van der Waals surface area contributed by atoms with Crippen LogP contribution in [0.2, 0.25) is 5.02 Å².